The predicted molar refractivity (Wildman–Crippen MR) is 65.9 cm³/mol. The normalized spacial score (nSPS) is 16.2. The summed E-state index contributed by atoms with van der Waals surface area (Å²) in [4.78, 5) is 11.1. The van der Waals surface area contributed by atoms with Crippen LogP contribution in [-0.4, -0.2) is 18.0 Å². The lowest BCUT2D eigenvalue weighted by molar-refractivity contribution is -0.110. The van der Waals surface area contributed by atoms with Crippen LogP contribution >= 0.6 is 23.2 Å². The highest BCUT2D eigenvalue weighted by Crippen LogP contribution is 2.36. The van der Waals surface area contributed by atoms with E-state index in [4.69, 9.17) is 23.2 Å². The molecule has 0 spiro atoms. The van der Waals surface area contributed by atoms with Crippen molar-refractivity contribution in [1.82, 2.24) is 5.43 Å². The Bertz CT molecular complexity index is 540. The van der Waals surface area contributed by atoms with Crippen LogP contribution in [0.3, 0.4) is 0 Å². The maximum atomic E-state index is 13.0. The van der Waals surface area contributed by atoms with E-state index in [-0.39, 0.29) is 12.2 Å². The Morgan fingerprint density at radius 1 is 1.26 bits per heavy atom. The van der Waals surface area contributed by atoms with Crippen LogP contribution < -0.4 is 10.4 Å². The molecular formula is C11H7Cl2F3N2O. The van der Waals surface area contributed by atoms with Crippen molar-refractivity contribution in [2.24, 2.45) is 0 Å². The van der Waals surface area contributed by atoms with Crippen molar-refractivity contribution < 1.29 is 18.0 Å². The quantitative estimate of drug-likeness (QED) is 0.851. The van der Waals surface area contributed by atoms with Gasteiger partial charge in [-0.3, -0.25) is 9.80 Å². The fraction of sp³-hybridized carbons (Fsp3) is 0.182. The van der Waals surface area contributed by atoms with Gasteiger partial charge in [0.15, 0.2) is 0 Å². The van der Waals surface area contributed by atoms with E-state index < -0.39 is 22.7 Å². The van der Waals surface area contributed by atoms with Crippen LogP contribution in [0.15, 0.2) is 35.5 Å². The van der Waals surface area contributed by atoms with Crippen LogP contribution in [0.4, 0.5) is 18.9 Å². The molecule has 0 radical (unpaired) electrons. The van der Waals surface area contributed by atoms with Crippen molar-refractivity contribution in [2.45, 2.75) is 6.18 Å². The van der Waals surface area contributed by atoms with Gasteiger partial charge in [0.2, 0.25) is 0 Å². The van der Waals surface area contributed by atoms with Gasteiger partial charge >= 0.3 is 6.18 Å². The Balaban J connectivity index is 2.47. The average Bonchev–Trinajstić information content (AvgIpc) is 2.74. The summed E-state index contributed by atoms with van der Waals surface area (Å²) in [6, 6.07) is 5.71. The van der Waals surface area contributed by atoms with Crippen molar-refractivity contribution >= 4 is 34.1 Å². The first-order valence-electron chi connectivity index (χ1n) is 5.10. The summed E-state index contributed by atoms with van der Waals surface area (Å²) in [5.41, 5.74) is 1.07. The minimum absolute atomic E-state index is 0.213. The van der Waals surface area contributed by atoms with Gasteiger partial charge in [-0.1, -0.05) is 11.6 Å². The second kappa shape index (κ2) is 5.03. The van der Waals surface area contributed by atoms with Crippen LogP contribution in [0.25, 0.3) is 0 Å². The zero-order valence-corrected chi connectivity index (χ0v) is 10.8. The first-order valence-corrected chi connectivity index (χ1v) is 5.85. The number of carbonyl (C=O) groups is 1. The van der Waals surface area contributed by atoms with Crippen LogP contribution in [-0.2, 0) is 4.79 Å². The number of carbonyl (C=O) groups excluding carboxylic acids is 1. The van der Waals surface area contributed by atoms with Gasteiger partial charge in [-0.25, -0.2) is 5.43 Å². The molecule has 8 heteroatoms. The monoisotopic (exact) mass is 310 g/mol. The van der Waals surface area contributed by atoms with Crippen molar-refractivity contribution in [2.75, 3.05) is 11.6 Å². The average molecular weight is 311 g/mol. The molecule has 19 heavy (non-hydrogen) atoms. The Hall–Kier alpha value is -1.24. The molecule has 1 aliphatic rings. The molecule has 3 nitrogen and oxygen atoms in total. The summed E-state index contributed by atoms with van der Waals surface area (Å²) in [5.74, 6) is 0. The van der Waals surface area contributed by atoms with Gasteiger partial charge in [0.1, 0.15) is 5.70 Å². The number of allylic oxidation sites excluding steroid dienone is 1. The van der Waals surface area contributed by atoms with Gasteiger partial charge in [-0.2, -0.15) is 13.2 Å². The number of anilines is 1. The highest BCUT2D eigenvalue weighted by Gasteiger charge is 2.45. The van der Waals surface area contributed by atoms with E-state index in [0.29, 0.717) is 5.02 Å². The van der Waals surface area contributed by atoms with Gasteiger partial charge < -0.3 is 0 Å². The summed E-state index contributed by atoms with van der Waals surface area (Å²) >= 11 is 10.9. The third kappa shape index (κ3) is 2.86. The number of benzene rings is 1. The molecule has 0 bridgehead atoms. The standard InChI is InChI=1S/C11H7Cl2F3N2O/c12-6-1-3-7(4-2-6)18-9(11(14,15)16)8(5-17-18)10(13)19/h1-4,17H,5H2. The lowest BCUT2D eigenvalue weighted by atomic mass is 10.2. The molecule has 1 N–H and O–H groups in total. The van der Waals surface area contributed by atoms with Crippen molar-refractivity contribution in [3.63, 3.8) is 0 Å². The smallest absolute Gasteiger partial charge is 0.276 e. The maximum Gasteiger partial charge on any atom is 0.433 e. The SMILES string of the molecule is O=C(Cl)C1=C(C(F)(F)F)N(c2ccc(Cl)cc2)NC1. The molecule has 1 aliphatic heterocycles. The molecule has 1 aromatic rings. The zero-order chi connectivity index (χ0) is 14.2. The Morgan fingerprint density at radius 3 is 2.32 bits per heavy atom. The Kier molecular flexibility index (Phi) is 3.75. The van der Waals surface area contributed by atoms with E-state index in [1.165, 1.54) is 24.3 Å². The van der Waals surface area contributed by atoms with Gasteiger partial charge in [0.25, 0.3) is 5.24 Å². The van der Waals surface area contributed by atoms with E-state index in [9.17, 15) is 18.0 Å². The van der Waals surface area contributed by atoms with Gasteiger partial charge in [-0.05, 0) is 35.9 Å². The molecule has 0 unspecified atom stereocenters. The third-order valence-electron chi connectivity index (χ3n) is 2.51. The first-order chi connectivity index (χ1) is 8.80. The summed E-state index contributed by atoms with van der Waals surface area (Å²) in [5, 5.41) is 0.0526. The summed E-state index contributed by atoms with van der Waals surface area (Å²) < 4.78 is 39.0. The first kappa shape index (κ1) is 14.2. The number of alkyl halides is 3. The van der Waals surface area contributed by atoms with Crippen LogP contribution in [0.1, 0.15) is 0 Å². The number of nitrogens with zero attached hydrogens (tertiary/aromatic N) is 1. The molecule has 0 saturated carbocycles. The minimum atomic E-state index is -4.69. The van der Waals surface area contributed by atoms with Crippen LogP contribution in [0.2, 0.25) is 5.02 Å². The molecule has 0 atom stereocenters. The van der Waals surface area contributed by atoms with Crippen molar-refractivity contribution in [1.29, 1.82) is 0 Å². The molecule has 0 fully saturated rings. The largest absolute Gasteiger partial charge is 0.433 e. The lowest BCUT2D eigenvalue weighted by Gasteiger charge is -2.23. The number of rotatable bonds is 2. The van der Waals surface area contributed by atoms with Crippen molar-refractivity contribution in [3.8, 4) is 0 Å². The second-order valence-corrected chi connectivity index (χ2v) is 4.53. The molecule has 102 valence electrons. The topological polar surface area (TPSA) is 32.3 Å². The molecule has 2 rings (SSSR count). The van der Waals surface area contributed by atoms with E-state index in [1.54, 1.807) is 0 Å². The molecule has 0 aliphatic carbocycles. The Labute approximate surface area is 116 Å². The minimum Gasteiger partial charge on any atom is -0.276 e. The molecule has 1 aromatic carbocycles. The van der Waals surface area contributed by atoms with E-state index in [0.717, 1.165) is 5.01 Å². The highest BCUT2D eigenvalue weighted by molar-refractivity contribution is 6.67. The number of hydrogen-bond donors (Lipinski definition) is 1. The zero-order valence-electron chi connectivity index (χ0n) is 9.26. The predicted octanol–water partition coefficient (Wildman–Crippen LogP) is 3.25. The fourth-order valence-electron chi connectivity index (χ4n) is 1.73. The number of hydrogen-bond acceptors (Lipinski definition) is 3. The lowest BCUT2D eigenvalue weighted by Crippen LogP contribution is -2.36. The van der Waals surface area contributed by atoms with Gasteiger partial charge in [-0.15, -0.1) is 0 Å². The molecule has 0 aromatic heterocycles. The van der Waals surface area contributed by atoms with Crippen LogP contribution in [0.5, 0.6) is 0 Å². The highest BCUT2D eigenvalue weighted by atomic mass is 35.5. The van der Waals surface area contributed by atoms with E-state index >= 15 is 0 Å². The molecule has 0 amide bonds. The molecule has 0 saturated heterocycles. The summed E-state index contributed by atoms with van der Waals surface area (Å²) in [6.45, 7) is -0.278. The number of nitrogens with one attached hydrogen (secondary N) is 1. The van der Waals surface area contributed by atoms with Gasteiger partial charge in [0.05, 0.1) is 11.3 Å². The van der Waals surface area contributed by atoms with Crippen LogP contribution in [0, 0.1) is 0 Å². The number of halogens is 5. The fourth-order valence-corrected chi connectivity index (χ4v) is 2.01. The molecule has 1 heterocycles. The van der Waals surface area contributed by atoms with Gasteiger partial charge in [0, 0.05) is 11.6 Å². The second-order valence-electron chi connectivity index (χ2n) is 3.75. The summed E-state index contributed by atoms with van der Waals surface area (Å²) in [6.07, 6.45) is -4.69. The van der Waals surface area contributed by atoms with Crippen molar-refractivity contribution in [3.05, 3.63) is 40.6 Å². The summed E-state index contributed by atoms with van der Waals surface area (Å²) in [7, 11) is 0. The number of hydrazine groups is 1. The van der Waals surface area contributed by atoms with E-state index in [2.05, 4.69) is 5.43 Å². The van der Waals surface area contributed by atoms with E-state index in [1.807, 2.05) is 0 Å². The third-order valence-corrected chi connectivity index (χ3v) is 2.99. The Morgan fingerprint density at radius 2 is 1.84 bits per heavy atom. The maximum absolute atomic E-state index is 13.0. The molecular weight excluding hydrogens is 304 g/mol.